The van der Waals surface area contributed by atoms with Crippen molar-refractivity contribution in [2.24, 2.45) is 0 Å². The van der Waals surface area contributed by atoms with Crippen molar-refractivity contribution < 1.29 is 4.74 Å². The van der Waals surface area contributed by atoms with Gasteiger partial charge in [0.25, 0.3) is 0 Å². The summed E-state index contributed by atoms with van der Waals surface area (Å²) in [6, 6.07) is 6.10. The van der Waals surface area contributed by atoms with E-state index in [2.05, 4.69) is 40.3 Å². The number of halogens is 2. The molecule has 1 heterocycles. The molecule has 1 aliphatic heterocycles. The van der Waals surface area contributed by atoms with E-state index in [9.17, 15) is 0 Å². The average Bonchev–Trinajstić information content (AvgIpc) is 2.29. The van der Waals surface area contributed by atoms with Crippen LogP contribution in [0.4, 0.5) is 0 Å². The molecule has 0 radical (unpaired) electrons. The summed E-state index contributed by atoms with van der Waals surface area (Å²) in [7, 11) is 0. The molecule has 0 spiro atoms. The molecule has 0 fully saturated rings. The fourth-order valence-corrected chi connectivity index (χ4v) is 2.10. The van der Waals surface area contributed by atoms with Gasteiger partial charge in [-0.1, -0.05) is 22.9 Å². The van der Waals surface area contributed by atoms with Crippen LogP contribution in [0.3, 0.4) is 0 Å². The Kier molecular flexibility index (Phi) is 6.03. The molecular weight excluding hydrogens is 302 g/mol. The lowest BCUT2D eigenvalue weighted by atomic mass is 10.1. The van der Waals surface area contributed by atoms with E-state index in [0.717, 1.165) is 35.3 Å². The molecule has 0 bridgehead atoms. The van der Waals surface area contributed by atoms with Crippen molar-refractivity contribution in [3.63, 3.8) is 0 Å². The molecule has 1 N–H and O–H groups in total. The smallest absolute Gasteiger partial charge is 0.127 e. The standard InChI is InChI=1S/C13H16BrNO.ClH/c1-2-5-15-8-10-6-11-7-12(14)3-4-13(11)16-9-10;/h3-4,6-7,15H,2,5,8-9H2,1H3;1H. The molecule has 0 amide bonds. The Hall–Kier alpha value is -0.510. The minimum Gasteiger partial charge on any atom is -0.489 e. The Labute approximate surface area is 117 Å². The highest BCUT2D eigenvalue weighted by molar-refractivity contribution is 9.10. The van der Waals surface area contributed by atoms with Crippen LogP contribution in [-0.4, -0.2) is 19.7 Å². The van der Waals surface area contributed by atoms with E-state index in [1.54, 1.807) is 0 Å². The zero-order valence-electron chi connectivity index (χ0n) is 9.83. The summed E-state index contributed by atoms with van der Waals surface area (Å²) >= 11 is 3.47. The molecule has 0 atom stereocenters. The summed E-state index contributed by atoms with van der Waals surface area (Å²) in [5.74, 6) is 0.974. The predicted octanol–water partition coefficient (Wildman–Crippen LogP) is 3.65. The van der Waals surface area contributed by atoms with Crippen molar-refractivity contribution in [2.45, 2.75) is 13.3 Å². The average molecular weight is 319 g/mol. The molecule has 0 unspecified atom stereocenters. The molecule has 2 nitrogen and oxygen atoms in total. The lowest BCUT2D eigenvalue weighted by Gasteiger charge is -2.18. The van der Waals surface area contributed by atoms with Crippen LogP contribution in [0.25, 0.3) is 6.08 Å². The predicted molar refractivity (Wildman–Crippen MR) is 78.0 cm³/mol. The Bertz CT molecular complexity index is 406. The quantitative estimate of drug-likeness (QED) is 0.856. The summed E-state index contributed by atoms with van der Waals surface area (Å²) in [6.07, 6.45) is 3.38. The molecular formula is C13H17BrClNO. The van der Waals surface area contributed by atoms with Gasteiger partial charge in [-0.3, -0.25) is 0 Å². The molecule has 17 heavy (non-hydrogen) atoms. The van der Waals surface area contributed by atoms with E-state index in [1.807, 2.05) is 12.1 Å². The minimum absolute atomic E-state index is 0. The van der Waals surface area contributed by atoms with Crippen LogP contribution < -0.4 is 10.1 Å². The summed E-state index contributed by atoms with van der Waals surface area (Å²) in [4.78, 5) is 0. The Balaban J connectivity index is 0.00000144. The third-order valence-electron chi connectivity index (χ3n) is 2.52. The van der Waals surface area contributed by atoms with E-state index >= 15 is 0 Å². The topological polar surface area (TPSA) is 21.3 Å². The van der Waals surface area contributed by atoms with Crippen LogP contribution >= 0.6 is 28.3 Å². The van der Waals surface area contributed by atoms with Crippen LogP contribution in [0, 0.1) is 0 Å². The number of ether oxygens (including phenoxy) is 1. The van der Waals surface area contributed by atoms with E-state index in [0.29, 0.717) is 6.61 Å². The fraction of sp³-hybridized carbons (Fsp3) is 0.385. The highest BCUT2D eigenvalue weighted by Crippen LogP contribution is 2.28. The minimum atomic E-state index is 0. The first-order valence-electron chi connectivity index (χ1n) is 5.62. The van der Waals surface area contributed by atoms with Gasteiger partial charge in [-0.05, 0) is 42.8 Å². The fourth-order valence-electron chi connectivity index (χ4n) is 1.72. The molecule has 94 valence electrons. The van der Waals surface area contributed by atoms with Gasteiger partial charge < -0.3 is 10.1 Å². The summed E-state index contributed by atoms with van der Waals surface area (Å²) in [5, 5.41) is 3.39. The second-order valence-electron chi connectivity index (χ2n) is 3.95. The third-order valence-corrected chi connectivity index (χ3v) is 3.02. The second kappa shape index (κ2) is 7.04. The Morgan fingerprint density at radius 3 is 3.00 bits per heavy atom. The van der Waals surface area contributed by atoms with Crippen LogP contribution in [0.15, 0.2) is 28.2 Å². The number of fused-ring (bicyclic) bond motifs is 1. The van der Waals surface area contributed by atoms with Gasteiger partial charge in [0.05, 0.1) is 0 Å². The van der Waals surface area contributed by atoms with Crippen molar-refractivity contribution in [1.82, 2.24) is 5.32 Å². The summed E-state index contributed by atoms with van der Waals surface area (Å²) in [5.41, 5.74) is 2.47. The molecule has 0 saturated carbocycles. The molecule has 0 saturated heterocycles. The van der Waals surface area contributed by atoms with Gasteiger partial charge in [-0.15, -0.1) is 12.4 Å². The Morgan fingerprint density at radius 2 is 2.24 bits per heavy atom. The first-order valence-corrected chi connectivity index (χ1v) is 6.41. The normalized spacial score (nSPS) is 13.2. The van der Waals surface area contributed by atoms with E-state index in [4.69, 9.17) is 4.74 Å². The molecule has 0 aliphatic carbocycles. The van der Waals surface area contributed by atoms with Crippen molar-refractivity contribution in [3.8, 4) is 5.75 Å². The van der Waals surface area contributed by atoms with E-state index < -0.39 is 0 Å². The maximum Gasteiger partial charge on any atom is 0.127 e. The summed E-state index contributed by atoms with van der Waals surface area (Å²) < 4.78 is 6.78. The molecule has 4 heteroatoms. The summed E-state index contributed by atoms with van der Waals surface area (Å²) in [6.45, 7) is 4.85. The lowest BCUT2D eigenvalue weighted by molar-refractivity contribution is 0.343. The Morgan fingerprint density at radius 1 is 1.41 bits per heavy atom. The second-order valence-corrected chi connectivity index (χ2v) is 4.87. The monoisotopic (exact) mass is 317 g/mol. The highest BCUT2D eigenvalue weighted by Gasteiger charge is 2.10. The van der Waals surface area contributed by atoms with Gasteiger partial charge in [0.15, 0.2) is 0 Å². The highest BCUT2D eigenvalue weighted by atomic mass is 79.9. The number of hydrogen-bond acceptors (Lipinski definition) is 2. The maximum absolute atomic E-state index is 5.69. The van der Waals surface area contributed by atoms with Gasteiger partial charge in [0.2, 0.25) is 0 Å². The van der Waals surface area contributed by atoms with E-state index in [1.165, 1.54) is 5.57 Å². The zero-order chi connectivity index (χ0) is 11.4. The first kappa shape index (κ1) is 14.6. The van der Waals surface area contributed by atoms with Gasteiger partial charge in [-0.25, -0.2) is 0 Å². The lowest BCUT2D eigenvalue weighted by Crippen LogP contribution is -2.22. The third kappa shape index (κ3) is 4.02. The molecule has 2 rings (SSSR count). The zero-order valence-corrected chi connectivity index (χ0v) is 12.2. The van der Waals surface area contributed by atoms with Gasteiger partial charge in [-0.2, -0.15) is 0 Å². The van der Waals surface area contributed by atoms with Gasteiger partial charge in [0, 0.05) is 16.6 Å². The van der Waals surface area contributed by atoms with E-state index in [-0.39, 0.29) is 12.4 Å². The molecule has 0 aromatic heterocycles. The van der Waals surface area contributed by atoms with Crippen LogP contribution in [-0.2, 0) is 0 Å². The van der Waals surface area contributed by atoms with Crippen molar-refractivity contribution in [3.05, 3.63) is 33.8 Å². The molecule has 1 aromatic carbocycles. The largest absolute Gasteiger partial charge is 0.489 e. The number of rotatable bonds is 4. The van der Waals surface area contributed by atoms with Crippen LogP contribution in [0.1, 0.15) is 18.9 Å². The van der Waals surface area contributed by atoms with Crippen molar-refractivity contribution in [2.75, 3.05) is 19.7 Å². The van der Waals surface area contributed by atoms with Crippen LogP contribution in [0.5, 0.6) is 5.75 Å². The van der Waals surface area contributed by atoms with Crippen LogP contribution in [0.2, 0.25) is 0 Å². The van der Waals surface area contributed by atoms with Gasteiger partial charge >= 0.3 is 0 Å². The maximum atomic E-state index is 5.69. The first-order chi connectivity index (χ1) is 7.79. The molecule has 1 aliphatic rings. The SMILES string of the molecule is CCCNCC1=Cc2cc(Br)ccc2OC1.Cl. The van der Waals surface area contributed by atoms with Crippen molar-refractivity contribution >= 4 is 34.4 Å². The number of hydrogen-bond donors (Lipinski definition) is 1. The number of nitrogens with one attached hydrogen (secondary N) is 1. The van der Waals surface area contributed by atoms with Crippen molar-refractivity contribution in [1.29, 1.82) is 0 Å². The molecule has 1 aromatic rings. The number of benzene rings is 1. The van der Waals surface area contributed by atoms with Gasteiger partial charge in [0.1, 0.15) is 12.4 Å².